The van der Waals surface area contributed by atoms with Crippen LogP contribution >= 0.6 is 11.6 Å². The molecule has 1 aromatic carbocycles. The Balaban J connectivity index is 1.77. The molecule has 120 valence electrons. The molecule has 1 fully saturated rings. The van der Waals surface area contributed by atoms with E-state index in [1.807, 2.05) is 6.07 Å². The summed E-state index contributed by atoms with van der Waals surface area (Å²) in [5, 5.41) is 13.6. The zero-order chi connectivity index (χ0) is 16.4. The van der Waals surface area contributed by atoms with Gasteiger partial charge in [0.15, 0.2) is 0 Å². The van der Waals surface area contributed by atoms with Gasteiger partial charge in [-0.25, -0.2) is 0 Å². The molecule has 1 aliphatic rings. The van der Waals surface area contributed by atoms with E-state index in [4.69, 9.17) is 21.2 Å². The number of carboxylic acids is 1. The van der Waals surface area contributed by atoms with Crippen molar-refractivity contribution in [2.45, 2.75) is 12.8 Å². The number of carbonyl (C=O) groups excluding carboxylic acids is 1. The maximum Gasteiger partial charge on any atom is 0.308 e. The highest BCUT2D eigenvalue weighted by Crippen LogP contribution is 2.24. The third-order valence-electron chi connectivity index (χ3n) is 3.90. The van der Waals surface area contributed by atoms with Gasteiger partial charge in [0.1, 0.15) is 5.69 Å². The minimum Gasteiger partial charge on any atom is -0.481 e. The predicted molar refractivity (Wildman–Crippen MR) is 83.2 cm³/mol. The first-order valence-electron chi connectivity index (χ1n) is 7.29. The second kappa shape index (κ2) is 6.42. The zero-order valence-electron chi connectivity index (χ0n) is 12.2. The molecule has 23 heavy (non-hydrogen) atoms. The van der Waals surface area contributed by atoms with Gasteiger partial charge in [0.2, 0.25) is 5.76 Å². The van der Waals surface area contributed by atoms with E-state index in [-0.39, 0.29) is 18.2 Å². The molecule has 3 rings (SSSR count). The highest BCUT2D eigenvalue weighted by Gasteiger charge is 2.30. The van der Waals surface area contributed by atoms with Gasteiger partial charge in [-0.3, -0.25) is 9.59 Å². The average molecular weight is 335 g/mol. The number of hydrogen-bond acceptors (Lipinski definition) is 4. The molecule has 0 radical (unpaired) electrons. The Morgan fingerprint density at radius 2 is 2.17 bits per heavy atom. The van der Waals surface area contributed by atoms with Crippen molar-refractivity contribution in [1.29, 1.82) is 0 Å². The van der Waals surface area contributed by atoms with Crippen LogP contribution in [0.5, 0.6) is 0 Å². The molecule has 1 aromatic heterocycles. The first-order chi connectivity index (χ1) is 11.0. The monoisotopic (exact) mass is 334 g/mol. The van der Waals surface area contributed by atoms with Crippen molar-refractivity contribution in [3.05, 3.63) is 41.1 Å². The number of carboxylic acid groups (broad SMARTS) is 1. The van der Waals surface area contributed by atoms with E-state index in [1.165, 1.54) is 4.90 Å². The van der Waals surface area contributed by atoms with E-state index in [2.05, 4.69) is 5.16 Å². The number of aliphatic carboxylic acids is 1. The number of amides is 1. The highest BCUT2D eigenvalue weighted by molar-refractivity contribution is 6.30. The zero-order valence-corrected chi connectivity index (χ0v) is 13.0. The number of halogens is 1. The van der Waals surface area contributed by atoms with Gasteiger partial charge in [-0.2, -0.15) is 0 Å². The average Bonchev–Trinajstić information content (AvgIpc) is 3.04. The van der Waals surface area contributed by atoms with Gasteiger partial charge in [-0.05, 0) is 25.0 Å². The standard InChI is InChI=1S/C16H15ClN2O4/c17-12-5-1-3-10(7-12)13-8-14(23-18-13)15(20)19-6-2-4-11(9-19)16(21)22/h1,3,5,7-8,11H,2,4,6,9H2,(H,21,22)/t11-/m0/s1. The fraction of sp³-hybridized carbons (Fsp3) is 0.312. The SMILES string of the molecule is O=C(O)[C@H]1CCCN(C(=O)c2cc(-c3cccc(Cl)c3)no2)C1. The quantitative estimate of drug-likeness (QED) is 0.933. The predicted octanol–water partition coefficient (Wildman–Crippen LogP) is 2.93. The molecule has 1 aliphatic heterocycles. The number of carbonyl (C=O) groups is 2. The third kappa shape index (κ3) is 3.37. The minimum atomic E-state index is -0.875. The Bertz CT molecular complexity index is 743. The molecule has 0 saturated carbocycles. The number of rotatable bonds is 3. The molecule has 1 N–H and O–H groups in total. The number of nitrogens with zero attached hydrogens (tertiary/aromatic N) is 2. The second-order valence-corrected chi connectivity index (χ2v) is 5.95. The van der Waals surface area contributed by atoms with E-state index in [9.17, 15) is 9.59 Å². The van der Waals surface area contributed by atoms with Crippen molar-refractivity contribution in [3.8, 4) is 11.3 Å². The number of benzene rings is 1. The van der Waals surface area contributed by atoms with Crippen LogP contribution in [0.4, 0.5) is 0 Å². The summed E-state index contributed by atoms with van der Waals surface area (Å²) >= 11 is 5.94. The lowest BCUT2D eigenvalue weighted by Crippen LogP contribution is -2.42. The summed E-state index contributed by atoms with van der Waals surface area (Å²) in [6.07, 6.45) is 1.25. The molecule has 7 heteroatoms. The fourth-order valence-electron chi connectivity index (χ4n) is 2.68. The molecule has 0 aliphatic carbocycles. The second-order valence-electron chi connectivity index (χ2n) is 5.52. The molecule has 0 bridgehead atoms. The molecule has 2 aromatic rings. The summed E-state index contributed by atoms with van der Waals surface area (Å²) in [5.41, 5.74) is 1.27. The Kier molecular flexibility index (Phi) is 4.34. The van der Waals surface area contributed by atoms with Gasteiger partial charge in [0, 0.05) is 29.7 Å². The summed E-state index contributed by atoms with van der Waals surface area (Å²) in [5.74, 6) is -1.63. The molecular formula is C16H15ClN2O4. The number of aromatic nitrogens is 1. The number of piperidine rings is 1. The van der Waals surface area contributed by atoms with Crippen LogP contribution in [0.2, 0.25) is 5.02 Å². The molecule has 1 saturated heterocycles. The van der Waals surface area contributed by atoms with Crippen molar-refractivity contribution >= 4 is 23.5 Å². The topological polar surface area (TPSA) is 83.6 Å². The maximum atomic E-state index is 12.5. The molecular weight excluding hydrogens is 320 g/mol. The Labute approximate surface area is 137 Å². The van der Waals surface area contributed by atoms with Gasteiger partial charge < -0.3 is 14.5 Å². The summed E-state index contributed by atoms with van der Waals surface area (Å²) in [6.45, 7) is 0.719. The van der Waals surface area contributed by atoms with Gasteiger partial charge in [-0.1, -0.05) is 28.9 Å². The van der Waals surface area contributed by atoms with E-state index < -0.39 is 11.9 Å². The van der Waals surface area contributed by atoms with Crippen LogP contribution in [0.15, 0.2) is 34.9 Å². The first kappa shape index (κ1) is 15.6. The van der Waals surface area contributed by atoms with Gasteiger partial charge >= 0.3 is 5.97 Å². The summed E-state index contributed by atoms with van der Waals surface area (Å²) < 4.78 is 5.14. The molecule has 1 amide bonds. The van der Waals surface area contributed by atoms with Crippen molar-refractivity contribution in [2.24, 2.45) is 5.92 Å². The van der Waals surface area contributed by atoms with E-state index in [0.29, 0.717) is 30.1 Å². The number of likely N-dealkylation sites (tertiary alicyclic amines) is 1. The molecule has 6 nitrogen and oxygen atoms in total. The lowest BCUT2D eigenvalue weighted by Gasteiger charge is -2.29. The van der Waals surface area contributed by atoms with Crippen LogP contribution in [0.3, 0.4) is 0 Å². The smallest absolute Gasteiger partial charge is 0.308 e. The van der Waals surface area contributed by atoms with Crippen LogP contribution in [-0.2, 0) is 4.79 Å². The Hall–Kier alpha value is -2.34. The number of hydrogen-bond donors (Lipinski definition) is 1. The Morgan fingerprint density at radius 3 is 2.91 bits per heavy atom. The van der Waals surface area contributed by atoms with E-state index in [0.717, 1.165) is 5.56 Å². The van der Waals surface area contributed by atoms with Crippen molar-refractivity contribution in [2.75, 3.05) is 13.1 Å². The highest BCUT2D eigenvalue weighted by atomic mass is 35.5. The van der Waals surface area contributed by atoms with Crippen LogP contribution in [0, 0.1) is 5.92 Å². The van der Waals surface area contributed by atoms with Gasteiger partial charge in [0.25, 0.3) is 5.91 Å². The molecule has 0 unspecified atom stereocenters. The van der Waals surface area contributed by atoms with Gasteiger partial charge in [0.05, 0.1) is 5.92 Å². The van der Waals surface area contributed by atoms with E-state index in [1.54, 1.807) is 24.3 Å². The normalized spacial score (nSPS) is 18.0. The first-order valence-corrected chi connectivity index (χ1v) is 7.67. The fourth-order valence-corrected chi connectivity index (χ4v) is 2.87. The molecule has 1 atom stereocenters. The lowest BCUT2D eigenvalue weighted by atomic mass is 9.98. The summed E-state index contributed by atoms with van der Waals surface area (Å²) in [6, 6.07) is 8.64. The Morgan fingerprint density at radius 1 is 1.35 bits per heavy atom. The maximum absolute atomic E-state index is 12.5. The molecule has 2 heterocycles. The third-order valence-corrected chi connectivity index (χ3v) is 4.13. The largest absolute Gasteiger partial charge is 0.481 e. The van der Waals surface area contributed by atoms with Crippen molar-refractivity contribution in [3.63, 3.8) is 0 Å². The minimum absolute atomic E-state index is 0.103. The van der Waals surface area contributed by atoms with Crippen LogP contribution in [0.1, 0.15) is 23.4 Å². The lowest BCUT2D eigenvalue weighted by molar-refractivity contribution is -0.143. The summed E-state index contributed by atoms with van der Waals surface area (Å²) in [4.78, 5) is 25.1. The molecule has 0 spiro atoms. The van der Waals surface area contributed by atoms with Crippen molar-refractivity contribution < 1.29 is 19.2 Å². The summed E-state index contributed by atoms with van der Waals surface area (Å²) in [7, 11) is 0. The van der Waals surface area contributed by atoms with Crippen molar-refractivity contribution in [1.82, 2.24) is 10.1 Å². The van der Waals surface area contributed by atoms with E-state index >= 15 is 0 Å². The van der Waals surface area contributed by atoms with Gasteiger partial charge in [-0.15, -0.1) is 0 Å². The van der Waals surface area contributed by atoms with Crippen LogP contribution in [0.25, 0.3) is 11.3 Å². The van der Waals surface area contributed by atoms with Crippen LogP contribution < -0.4 is 0 Å². The van der Waals surface area contributed by atoms with Crippen LogP contribution in [-0.4, -0.2) is 40.1 Å².